The highest BCUT2D eigenvalue weighted by atomic mass is 32.2. The zero-order valence-corrected chi connectivity index (χ0v) is 16.2. The third-order valence-corrected chi connectivity index (χ3v) is 6.77. The summed E-state index contributed by atoms with van der Waals surface area (Å²) in [6, 6.07) is 12.7. The van der Waals surface area contributed by atoms with Crippen LogP contribution in [0, 0.1) is 22.7 Å². The number of fused-ring (bicyclic) bond motifs is 1. The molecule has 126 valence electrons. The molecule has 0 saturated carbocycles. The summed E-state index contributed by atoms with van der Waals surface area (Å²) in [6.07, 6.45) is 4.02. The number of nitrogens with zero attached hydrogens (tertiary/aromatic N) is 3. The van der Waals surface area contributed by atoms with Gasteiger partial charge < -0.3 is 0 Å². The van der Waals surface area contributed by atoms with E-state index in [0.29, 0.717) is 10.6 Å². The zero-order chi connectivity index (χ0) is 17.9. The summed E-state index contributed by atoms with van der Waals surface area (Å²) in [4.78, 5) is 7.13. The second-order valence-electron chi connectivity index (χ2n) is 5.72. The number of hydrogen-bond donors (Lipinski definition) is 0. The molecule has 1 aliphatic carbocycles. The van der Waals surface area contributed by atoms with Crippen LogP contribution in [0.2, 0.25) is 0 Å². The Bertz CT molecular complexity index is 1050. The molecule has 3 heterocycles. The Kier molecular flexibility index (Phi) is 4.90. The predicted molar refractivity (Wildman–Crippen MR) is 109 cm³/mol. The number of rotatable bonds is 4. The SMILES string of the molecule is N#CCSc1nc2c(c(-c3cccs3)c1C#N)CCC2=Cc1cccs1. The van der Waals surface area contributed by atoms with Gasteiger partial charge in [0.25, 0.3) is 0 Å². The van der Waals surface area contributed by atoms with Crippen LogP contribution in [0.4, 0.5) is 0 Å². The van der Waals surface area contributed by atoms with E-state index in [1.807, 2.05) is 17.5 Å². The average molecular weight is 392 g/mol. The fourth-order valence-electron chi connectivity index (χ4n) is 3.18. The summed E-state index contributed by atoms with van der Waals surface area (Å²) in [5, 5.41) is 23.5. The van der Waals surface area contributed by atoms with E-state index in [1.54, 1.807) is 22.7 Å². The Morgan fingerprint density at radius 3 is 2.69 bits per heavy atom. The Hall–Kier alpha value is -2.38. The molecule has 0 unspecified atom stereocenters. The third-order valence-electron chi connectivity index (χ3n) is 4.23. The standard InChI is InChI=1S/C20H13N3S3/c21-7-10-26-20-16(12-22)18(17-4-2-9-25-17)15-6-5-13(19(15)23-20)11-14-3-1-8-24-14/h1-4,8-9,11H,5-6,10H2. The van der Waals surface area contributed by atoms with Gasteiger partial charge in [-0.15, -0.1) is 22.7 Å². The summed E-state index contributed by atoms with van der Waals surface area (Å²) in [5.41, 5.74) is 4.96. The van der Waals surface area contributed by atoms with Gasteiger partial charge in [0.1, 0.15) is 11.1 Å². The molecule has 0 fully saturated rings. The lowest BCUT2D eigenvalue weighted by atomic mass is 10.0. The Morgan fingerprint density at radius 2 is 2.00 bits per heavy atom. The second-order valence-corrected chi connectivity index (χ2v) is 8.61. The van der Waals surface area contributed by atoms with E-state index in [2.05, 4.69) is 35.7 Å². The first kappa shape index (κ1) is 17.1. The Labute approximate surface area is 164 Å². The van der Waals surface area contributed by atoms with Crippen molar-refractivity contribution >= 4 is 46.1 Å². The van der Waals surface area contributed by atoms with Crippen LogP contribution in [0.5, 0.6) is 0 Å². The van der Waals surface area contributed by atoms with E-state index in [0.717, 1.165) is 34.5 Å². The summed E-state index contributed by atoms with van der Waals surface area (Å²) in [7, 11) is 0. The van der Waals surface area contributed by atoms with E-state index < -0.39 is 0 Å². The Morgan fingerprint density at radius 1 is 1.15 bits per heavy atom. The first-order valence-corrected chi connectivity index (χ1v) is 10.8. The van der Waals surface area contributed by atoms with Gasteiger partial charge >= 0.3 is 0 Å². The van der Waals surface area contributed by atoms with Gasteiger partial charge in [-0.3, -0.25) is 0 Å². The number of allylic oxidation sites excluding steroid dienone is 1. The topological polar surface area (TPSA) is 60.5 Å². The molecule has 0 aromatic carbocycles. The van der Waals surface area contributed by atoms with Crippen LogP contribution in [-0.4, -0.2) is 10.7 Å². The minimum atomic E-state index is 0.286. The molecule has 3 aromatic rings. The normalized spacial score (nSPS) is 14.2. The highest BCUT2D eigenvalue weighted by molar-refractivity contribution is 7.99. The summed E-state index contributed by atoms with van der Waals surface area (Å²) in [6.45, 7) is 0. The maximum atomic E-state index is 9.81. The minimum Gasteiger partial charge on any atom is -0.240 e. The second kappa shape index (κ2) is 7.47. The van der Waals surface area contributed by atoms with Crippen LogP contribution in [0.25, 0.3) is 22.1 Å². The van der Waals surface area contributed by atoms with Crippen LogP contribution in [-0.2, 0) is 6.42 Å². The van der Waals surface area contributed by atoms with Crippen molar-refractivity contribution in [1.82, 2.24) is 4.98 Å². The number of nitriles is 2. The van der Waals surface area contributed by atoms with E-state index in [9.17, 15) is 5.26 Å². The molecular weight excluding hydrogens is 378 g/mol. The lowest BCUT2D eigenvalue weighted by Crippen LogP contribution is -2.00. The summed E-state index contributed by atoms with van der Waals surface area (Å²) in [5.74, 6) is 0.286. The van der Waals surface area contributed by atoms with Crippen molar-refractivity contribution in [2.75, 3.05) is 5.75 Å². The molecule has 26 heavy (non-hydrogen) atoms. The molecule has 0 aliphatic heterocycles. The van der Waals surface area contributed by atoms with Crippen molar-refractivity contribution in [3.05, 3.63) is 56.7 Å². The smallest absolute Gasteiger partial charge is 0.116 e. The molecule has 0 N–H and O–H groups in total. The predicted octanol–water partition coefficient (Wildman–Crippen LogP) is 5.85. The van der Waals surface area contributed by atoms with Gasteiger partial charge in [-0.25, -0.2) is 4.98 Å². The molecule has 3 nitrogen and oxygen atoms in total. The van der Waals surface area contributed by atoms with E-state index in [4.69, 9.17) is 10.2 Å². The van der Waals surface area contributed by atoms with Gasteiger partial charge in [-0.1, -0.05) is 23.9 Å². The molecule has 0 saturated heterocycles. The number of thioether (sulfide) groups is 1. The summed E-state index contributed by atoms with van der Waals surface area (Å²) >= 11 is 4.69. The van der Waals surface area contributed by atoms with Crippen molar-refractivity contribution in [3.63, 3.8) is 0 Å². The van der Waals surface area contributed by atoms with Crippen LogP contribution < -0.4 is 0 Å². The summed E-state index contributed by atoms with van der Waals surface area (Å²) < 4.78 is 0. The highest BCUT2D eigenvalue weighted by Crippen LogP contribution is 2.44. The molecule has 0 amide bonds. The fraction of sp³-hybridized carbons (Fsp3) is 0.150. The Balaban J connectivity index is 1.93. The first-order valence-electron chi connectivity index (χ1n) is 8.07. The quantitative estimate of drug-likeness (QED) is 0.524. The zero-order valence-electron chi connectivity index (χ0n) is 13.7. The van der Waals surface area contributed by atoms with Crippen molar-refractivity contribution in [1.29, 1.82) is 10.5 Å². The van der Waals surface area contributed by atoms with Crippen molar-refractivity contribution in [2.24, 2.45) is 0 Å². The monoisotopic (exact) mass is 391 g/mol. The van der Waals surface area contributed by atoms with Crippen LogP contribution in [0.3, 0.4) is 0 Å². The van der Waals surface area contributed by atoms with Gasteiger partial charge in [0.15, 0.2) is 0 Å². The molecule has 0 radical (unpaired) electrons. The van der Waals surface area contributed by atoms with Gasteiger partial charge in [0.05, 0.1) is 23.1 Å². The van der Waals surface area contributed by atoms with Crippen LogP contribution >= 0.6 is 34.4 Å². The number of aromatic nitrogens is 1. The minimum absolute atomic E-state index is 0.286. The van der Waals surface area contributed by atoms with Gasteiger partial charge in [-0.05, 0) is 52.9 Å². The molecule has 0 spiro atoms. The average Bonchev–Trinajstić information content (AvgIpc) is 3.41. The largest absolute Gasteiger partial charge is 0.240 e. The van der Waals surface area contributed by atoms with Crippen LogP contribution in [0.1, 0.15) is 28.1 Å². The van der Waals surface area contributed by atoms with Gasteiger partial charge in [0.2, 0.25) is 0 Å². The maximum Gasteiger partial charge on any atom is 0.116 e. The highest BCUT2D eigenvalue weighted by Gasteiger charge is 2.27. The molecule has 6 heteroatoms. The van der Waals surface area contributed by atoms with Crippen molar-refractivity contribution in [2.45, 2.75) is 17.9 Å². The van der Waals surface area contributed by atoms with E-state index >= 15 is 0 Å². The number of hydrogen-bond acceptors (Lipinski definition) is 6. The molecule has 3 aromatic heterocycles. The van der Waals surface area contributed by atoms with E-state index in [1.165, 1.54) is 22.2 Å². The maximum absolute atomic E-state index is 9.81. The molecular formula is C20H13N3S3. The molecule has 0 atom stereocenters. The molecule has 1 aliphatic rings. The molecule has 0 bridgehead atoms. The van der Waals surface area contributed by atoms with Crippen molar-refractivity contribution < 1.29 is 0 Å². The van der Waals surface area contributed by atoms with Gasteiger partial charge in [-0.2, -0.15) is 10.5 Å². The number of thiophene rings is 2. The fourth-order valence-corrected chi connectivity index (χ4v) is 5.31. The van der Waals surface area contributed by atoms with Crippen LogP contribution in [0.15, 0.2) is 40.1 Å². The lowest BCUT2D eigenvalue weighted by molar-refractivity contribution is 1.05. The third kappa shape index (κ3) is 3.08. The number of pyridine rings is 1. The first-order chi connectivity index (χ1) is 12.8. The van der Waals surface area contributed by atoms with E-state index in [-0.39, 0.29) is 5.75 Å². The van der Waals surface area contributed by atoms with Gasteiger partial charge in [0, 0.05) is 15.3 Å². The van der Waals surface area contributed by atoms with Crippen molar-refractivity contribution in [3.8, 4) is 22.6 Å². The lowest BCUT2D eigenvalue weighted by Gasteiger charge is -2.12. The molecule has 4 rings (SSSR count).